The van der Waals surface area contributed by atoms with Crippen molar-refractivity contribution in [1.82, 2.24) is 15.2 Å². The van der Waals surface area contributed by atoms with Gasteiger partial charge in [-0.25, -0.2) is 4.79 Å². The second-order valence-corrected chi connectivity index (χ2v) is 6.35. The van der Waals surface area contributed by atoms with Crippen LogP contribution in [-0.4, -0.2) is 55.8 Å². The van der Waals surface area contributed by atoms with Gasteiger partial charge in [-0.15, -0.1) is 0 Å². The van der Waals surface area contributed by atoms with Crippen LogP contribution in [0.4, 0.5) is 0 Å². The molecule has 0 atom stereocenters. The van der Waals surface area contributed by atoms with Gasteiger partial charge in [0.15, 0.2) is 0 Å². The average molecular weight is 359 g/mol. The van der Waals surface area contributed by atoms with E-state index in [4.69, 9.17) is 9.47 Å². The van der Waals surface area contributed by atoms with Gasteiger partial charge in [0.1, 0.15) is 5.56 Å². The lowest BCUT2D eigenvalue weighted by atomic mass is 10.0. The van der Waals surface area contributed by atoms with Crippen LogP contribution < -0.4 is 10.7 Å². The molecule has 140 valence electrons. The van der Waals surface area contributed by atoms with Crippen LogP contribution in [0.2, 0.25) is 0 Å². The summed E-state index contributed by atoms with van der Waals surface area (Å²) in [6, 6.07) is 3.99. The minimum absolute atomic E-state index is 0.0401. The van der Waals surface area contributed by atoms with Crippen LogP contribution in [0.25, 0.3) is 10.9 Å². The Balaban J connectivity index is 2.04. The third kappa shape index (κ3) is 3.95. The zero-order valence-corrected chi connectivity index (χ0v) is 15.3. The summed E-state index contributed by atoms with van der Waals surface area (Å²) in [7, 11) is 1.87. The predicted octanol–water partition coefficient (Wildman–Crippen LogP) is 1.26. The molecule has 7 nitrogen and oxygen atoms in total. The number of hydrogen-bond donors (Lipinski definition) is 2. The maximum absolute atomic E-state index is 12.9. The molecule has 0 amide bonds. The fourth-order valence-corrected chi connectivity index (χ4v) is 3.27. The maximum atomic E-state index is 12.9. The van der Waals surface area contributed by atoms with Crippen LogP contribution >= 0.6 is 0 Å². The number of benzene rings is 1. The van der Waals surface area contributed by atoms with Gasteiger partial charge < -0.3 is 19.8 Å². The number of rotatable bonds is 6. The summed E-state index contributed by atoms with van der Waals surface area (Å²) >= 11 is 0. The van der Waals surface area contributed by atoms with E-state index in [2.05, 4.69) is 21.3 Å². The Morgan fingerprint density at radius 3 is 2.81 bits per heavy atom. The van der Waals surface area contributed by atoms with Gasteiger partial charge in [0, 0.05) is 37.8 Å². The summed E-state index contributed by atoms with van der Waals surface area (Å²) in [5, 5.41) is 3.66. The molecule has 1 aliphatic rings. The summed E-state index contributed by atoms with van der Waals surface area (Å²) in [5.74, 6) is -0.593. The number of nitrogens with zero attached hydrogens (tertiary/aromatic N) is 1. The molecule has 3 rings (SSSR count). The van der Waals surface area contributed by atoms with Crippen molar-refractivity contribution in [2.45, 2.75) is 20.0 Å². The lowest BCUT2D eigenvalue weighted by molar-refractivity contribution is 0.0342. The molecule has 0 aliphatic carbocycles. The van der Waals surface area contributed by atoms with Crippen molar-refractivity contribution < 1.29 is 14.3 Å². The Bertz CT molecular complexity index is 841. The van der Waals surface area contributed by atoms with Gasteiger partial charge in [0.05, 0.1) is 25.3 Å². The molecule has 26 heavy (non-hydrogen) atoms. The molecule has 2 aromatic rings. The Morgan fingerprint density at radius 2 is 2.12 bits per heavy atom. The molecule has 1 aromatic carbocycles. The van der Waals surface area contributed by atoms with Gasteiger partial charge in [-0.1, -0.05) is 6.07 Å². The lowest BCUT2D eigenvalue weighted by Gasteiger charge is -2.27. The van der Waals surface area contributed by atoms with Crippen molar-refractivity contribution >= 4 is 16.9 Å². The number of esters is 1. The van der Waals surface area contributed by atoms with Gasteiger partial charge in [0.2, 0.25) is 5.43 Å². The zero-order chi connectivity index (χ0) is 18.5. The molecule has 0 bridgehead atoms. The van der Waals surface area contributed by atoms with E-state index in [1.54, 1.807) is 6.92 Å². The number of carbonyl (C=O) groups is 1. The zero-order valence-electron chi connectivity index (χ0n) is 15.3. The van der Waals surface area contributed by atoms with Crippen LogP contribution in [0.3, 0.4) is 0 Å². The van der Waals surface area contributed by atoms with Crippen molar-refractivity contribution in [3.8, 4) is 0 Å². The average Bonchev–Trinajstić information content (AvgIpc) is 2.64. The number of carbonyl (C=O) groups excluding carboxylic acids is 1. The van der Waals surface area contributed by atoms with E-state index in [0.717, 1.165) is 49.5 Å². The number of nitrogens with one attached hydrogen (secondary N) is 2. The fraction of sp³-hybridized carbons (Fsp3) is 0.474. The Labute approximate surface area is 152 Å². The van der Waals surface area contributed by atoms with Crippen LogP contribution in [0.5, 0.6) is 0 Å². The molecule has 1 saturated heterocycles. The van der Waals surface area contributed by atoms with Gasteiger partial charge in [-0.3, -0.25) is 9.69 Å². The molecular weight excluding hydrogens is 334 g/mol. The number of fused-ring (bicyclic) bond motifs is 1. The summed E-state index contributed by atoms with van der Waals surface area (Å²) in [4.78, 5) is 30.3. The standard InChI is InChI=1S/C19H25N3O4/c1-3-26-19(24)16-11-21-17-14(10-20-2)8-13(9-15(17)18(16)23)12-22-4-6-25-7-5-22/h8-9,11,20H,3-7,10,12H2,1-2H3,(H,21,23). The monoisotopic (exact) mass is 359 g/mol. The fourth-order valence-electron chi connectivity index (χ4n) is 3.27. The molecular formula is C19H25N3O4. The summed E-state index contributed by atoms with van der Waals surface area (Å²) < 4.78 is 10.4. The molecule has 2 N–H and O–H groups in total. The molecule has 1 aromatic heterocycles. The molecule has 0 spiro atoms. The number of H-pyrrole nitrogens is 1. The molecule has 2 heterocycles. The topological polar surface area (TPSA) is 83.7 Å². The van der Waals surface area contributed by atoms with Crippen molar-refractivity contribution in [3.63, 3.8) is 0 Å². The van der Waals surface area contributed by atoms with Gasteiger partial charge in [-0.05, 0) is 31.2 Å². The number of hydrogen-bond acceptors (Lipinski definition) is 6. The predicted molar refractivity (Wildman–Crippen MR) is 99.4 cm³/mol. The minimum atomic E-state index is -0.593. The van der Waals surface area contributed by atoms with E-state index in [9.17, 15) is 9.59 Å². The molecule has 1 fully saturated rings. The van der Waals surface area contributed by atoms with Crippen molar-refractivity contribution in [1.29, 1.82) is 0 Å². The van der Waals surface area contributed by atoms with E-state index in [-0.39, 0.29) is 17.6 Å². The molecule has 7 heteroatoms. The molecule has 0 radical (unpaired) electrons. The number of morpholine rings is 1. The maximum Gasteiger partial charge on any atom is 0.343 e. The highest BCUT2D eigenvalue weighted by Crippen LogP contribution is 2.19. The molecule has 0 unspecified atom stereocenters. The number of ether oxygens (including phenoxy) is 2. The third-order valence-electron chi connectivity index (χ3n) is 4.50. The quantitative estimate of drug-likeness (QED) is 0.756. The van der Waals surface area contributed by atoms with Gasteiger partial charge in [0.25, 0.3) is 0 Å². The van der Waals surface area contributed by atoms with Gasteiger partial charge in [-0.2, -0.15) is 0 Å². The first-order valence-corrected chi connectivity index (χ1v) is 8.93. The number of pyridine rings is 1. The summed E-state index contributed by atoms with van der Waals surface area (Å²) in [6.07, 6.45) is 1.45. The van der Waals surface area contributed by atoms with Crippen LogP contribution in [0.1, 0.15) is 28.4 Å². The second kappa shape index (κ2) is 8.44. The highest BCUT2D eigenvalue weighted by Gasteiger charge is 2.17. The van der Waals surface area contributed by atoms with E-state index >= 15 is 0 Å². The molecule has 1 aliphatic heterocycles. The van der Waals surface area contributed by atoms with E-state index in [1.807, 2.05) is 13.1 Å². The number of aromatic amines is 1. The smallest absolute Gasteiger partial charge is 0.343 e. The van der Waals surface area contributed by atoms with Gasteiger partial charge >= 0.3 is 5.97 Å². The third-order valence-corrected chi connectivity index (χ3v) is 4.50. The summed E-state index contributed by atoms with van der Waals surface area (Å²) in [6.45, 7) is 6.53. The van der Waals surface area contributed by atoms with Crippen LogP contribution in [0.15, 0.2) is 23.1 Å². The van der Waals surface area contributed by atoms with E-state index in [1.165, 1.54) is 6.20 Å². The lowest BCUT2D eigenvalue weighted by Crippen LogP contribution is -2.35. The highest BCUT2D eigenvalue weighted by molar-refractivity contribution is 5.94. The Hall–Kier alpha value is -2.22. The molecule has 0 saturated carbocycles. The van der Waals surface area contributed by atoms with Crippen LogP contribution in [0, 0.1) is 0 Å². The Kier molecular flexibility index (Phi) is 6.03. The minimum Gasteiger partial charge on any atom is -0.462 e. The Morgan fingerprint density at radius 1 is 1.35 bits per heavy atom. The SMILES string of the molecule is CCOC(=O)c1c[nH]c2c(CNC)cc(CN3CCOCC3)cc2c1=O. The van der Waals surface area contributed by atoms with Crippen LogP contribution in [-0.2, 0) is 22.6 Å². The first-order valence-electron chi connectivity index (χ1n) is 8.93. The normalized spacial score (nSPS) is 15.3. The first-order chi connectivity index (χ1) is 12.6. The second-order valence-electron chi connectivity index (χ2n) is 6.35. The van der Waals surface area contributed by atoms with E-state index < -0.39 is 5.97 Å². The van der Waals surface area contributed by atoms with Crippen molar-refractivity contribution in [2.75, 3.05) is 40.0 Å². The van der Waals surface area contributed by atoms with E-state index in [0.29, 0.717) is 11.9 Å². The van der Waals surface area contributed by atoms with Crippen molar-refractivity contribution in [2.24, 2.45) is 0 Å². The largest absolute Gasteiger partial charge is 0.462 e. The summed E-state index contributed by atoms with van der Waals surface area (Å²) in [5.41, 5.74) is 2.55. The first kappa shape index (κ1) is 18.6. The highest BCUT2D eigenvalue weighted by atomic mass is 16.5. The number of aromatic nitrogens is 1. The van der Waals surface area contributed by atoms with Crippen molar-refractivity contribution in [3.05, 3.63) is 45.2 Å².